The third kappa shape index (κ3) is 6.37. The zero-order valence-corrected chi connectivity index (χ0v) is 12.7. The molecular formula is C13H18ClO4P. The molecule has 19 heavy (non-hydrogen) atoms. The van der Waals surface area contributed by atoms with Gasteiger partial charge in [0, 0.05) is 5.02 Å². The number of hydrogen-bond donors (Lipinski definition) is 0. The molecule has 4 nitrogen and oxygen atoms in total. The van der Waals surface area contributed by atoms with E-state index in [2.05, 4.69) is 0 Å². The van der Waals surface area contributed by atoms with E-state index in [0.29, 0.717) is 5.02 Å². The van der Waals surface area contributed by atoms with E-state index < -0.39 is 7.82 Å². The summed E-state index contributed by atoms with van der Waals surface area (Å²) in [5, 5.41) is 0.664. The van der Waals surface area contributed by atoms with Crippen LogP contribution in [0, 0.1) is 0 Å². The molecule has 0 atom stereocenters. The van der Waals surface area contributed by atoms with Gasteiger partial charge in [0.25, 0.3) is 0 Å². The second-order valence-electron chi connectivity index (χ2n) is 3.54. The molecule has 0 bridgehead atoms. The lowest BCUT2D eigenvalue weighted by molar-refractivity contribution is 0.131. The zero-order chi connectivity index (χ0) is 14.1. The Labute approximate surface area is 118 Å². The normalized spacial score (nSPS) is 12.2. The third-order valence-corrected chi connectivity index (χ3v) is 3.91. The Morgan fingerprint density at radius 2 is 1.89 bits per heavy atom. The highest BCUT2D eigenvalue weighted by Crippen LogP contribution is 2.49. The SMILES string of the molecule is CCOP(=O)(OCC)OC/C=C/c1cccc(Cl)c1. The summed E-state index contributed by atoms with van der Waals surface area (Å²) in [5.41, 5.74) is 0.943. The van der Waals surface area contributed by atoms with E-state index in [-0.39, 0.29) is 19.8 Å². The standard InChI is InChI=1S/C13H18ClO4P/c1-3-16-19(15,17-4-2)18-10-6-8-12-7-5-9-13(14)11-12/h5-9,11H,3-4,10H2,1-2H3/b8-6+. The second-order valence-corrected chi connectivity index (χ2v) is 5.64. The van der Waals surface area contributed by atoms with Crippen LogP contribution in [0.1, 0.15) is 19.4 Å². The number of benzene rings is 1. The Hall–Kier alpha value is -0.640. The molecule has 1 aromatic rings. The fourth-order valence-electron chi connectivity index (χ4n) is 1.36. The zero-order valence-electron chi connectivity index (χ0n) is 11.0. The van der Waals surface area contributed by atoms with Crippen LogP contribution in [0.5, 0.6) is 0 Å². The highest BCUT2D eigenvalue weighted by Gasteiger charge is 2.24. The summed E-state index contributed by atoms with van der Waals surface area (Å²) in [4.78, 5) is 0. The lowest BCUT2D eigenvalue weighted by Gasteiger charge is -2.15. The third-order valence-electron chi connectivity index (χ3n) is 2.06. The molecule has 0 spiro atoms. The van der Waals surface area contributed by atoms with Crippen LogP contribution in [-0.2, 0) is 18.1 Å². The quantitative estimate of drug-likeness (QED) is 0.661. The smallest absolute Gasteiger partial charge is 0.287 e. The number of phosphoric ester groups is 1. The topological polar surface area (TPSA) is 44.8 Å². The molecule has 6 heteroatoms. The van der Waals surface area contributed by atoms with Gasteiger partial charge in [0.2, 0.25) is 0 Å². The number of hydrogen-bond acceptors (Lipinski definition) is 4. The van der Waals surface area contributed by atoms with Gasteiger partial charge in [-0.1, -0.05) is 35.9 Å². The summed E-state index contributed by atoms with van der Waals surface area (Å²) in [5.74, 6) is 0. The van der Waals surface area contributed by atoms with Crippen LogP contribution < -0.4 is 0 Å². The van der Waals surface area contributed by atoms with Crippen molar-refractivity contribution in [1.82, 2.24) is 0 Å². The minimum absolute atomic E-state index is 0.143. The molecule has 0 amide bonds. The van der Waals surface area contributed by atoms with Gasteiger partial charge in [-0.15, -0.1) is 0 Å². The van der Waals surface area contributed by atoms with Crippen molar-refractivity contribution in [3.05, 3.63) is 40.9 Å². The molecule has 0 heterocycles. The van der Waals surface area contributed by atoms with Crippen molar-refractivity contribution in [2.24, 2.45) is 0 Å². The molecular weight excluding hydrogens is 287 g/mol. The Bertz CT molecular complexity index is 452. The van der Waals surface area contributed by atoms with E-state index in [4.69, 9.17) is 25.2 Å². The first-order chi connectivity index (χ1) is 9.09. The first kappa shape index (κ1) is 16.4. The van der Waals surface area contributed by atoms with Gasteiger partial charge >= 0.3 is 7.82 Å². The summed E-state index contributed by atoms with van der Waals surface area (Å²) < 4.78 is 27.1. The van der Waals surface area contributed by atoms with Gasteiger partial charge in [0.05, 0.1) is 19.8 Å². The number of phosphoric acid groups is 1. The van der Waals surface area contributed by atoms with Crippen molar-refractivity contribution >= 4 is 25.5 Å². The van der Waals surface area contributed by atoms with E-state index >= 15 is 0 Å². The Morgan fingerprint density at radius 1 is 1.21 bits per heavy atom. The van der Waals surface area contributed by atoms with Gasteiger partial charge in [-0.05, 0) is 31.5 Å². The lowest BCUT2D eigenvalue weighted by atomic mass is 10.2. The monoisotopic (exact) mass is 304 g/mol. The maximum atomic E-state index is 12.0. The molecule has 0 N–H and O–H groups in total. The first-order valence-corrected chi connectivity index (χ1v) is 7.89. The molecule has 0 saturated carbocycles. The van der Waals surface area contributed by atoms with Crippen molar-refractivity contribution in [3.63, 3.8) is 0 Å². The Morgan fingerprint density at radius 3 is 2.47 bits per heavy atom. The molecule has 0 aromatic heterocycles. The minimum atomic E-state index is -3.43. The maximum absolute atomic E-state index is 12.0. The van der Waals surface area contributed by atoms with Crippen LogP contribution in [0.2, 0.25) is 5.02 Å². The summed E-state index contributed by atoms with van der Waals surface area (Å²) in [6.07, 6.45) is 3.56. The van der Waals surface area contributed by atoms with Crippen LogP contribution in [0.3, 0.4) is 0 Å². The summed E-state index contributed by atoms with van der Waals surface area (Å²) >= 11 is 5.86. The number of halogens is 1. The van der Waals surface area contributed by atoms with Crippen LogP contribution in [-0.4, -0.2) is 19.8 Å². The van der Waals surface area contributed by atoms with E-state index in [1.807, 2.05) is 24.3 Å². The van der Waals surface area contributed by atoms with E-state index in [1.165, 1.54) is 0 Å². The molecule has 106 valence electrons. The van der Waals surface area contributed by atoms with Crippen molar-refractivity contribution in [2.75, 3.05) is 19.8 Å². The summed E-state index contributed by atoms with van der Waals surface area (Å²) in [7, 11) is -3.43. The Kier molecular flexibility index (Phi) is 7.36. The van der Waals surface area contributed by atoms with E-state index in [9.17, 15) is 4.57 Å². The largest absolute Gasteiger partial charge is 0.475 e. The second kappa shape index (κ2) is 8.51. The van der Waals surface area contributed by atoms with Gasteiger partial charge in [0.15, 0.2) is 0 Å². The average Bonchev–Trinajstić information content (AvgIpc) is 2.35. The molecule has 0 fully saturated rings. The van der Waals surface area contributed by atoms with Crippen molar-refractivity contribution in [2.45, 2.75) is 13.8 Å². The van der Waals surface area contributed by atoms with Crippen LogP contribution in [0.15, 0.2) is 30.3 Å². The first-order valence-electron chi connectivity index (χ1n) is 6.05. The predicted octanol–water partition coefficient (Wildman–Crippen LogP) is 4.55. The maximum Gasteiger partial charge on any atom is 0.475 e. The Balaban J connectivity index is 2.50. The highest BCUT2D eigenvalue weighted by atomic mass is 35.5. The van der Waals surface area contributed by atoms with Crippen molar-refractivity contribution < 1.29 is 18.1 Å². The van der Waals surface area contributed by atoms with Gasteiger partial charge in [0.1, 0.15) is 0 Å². The molecule has 0 radical (unpaired) electrons. The average molecular weight is 305 g/mol. The highest BCUT2D eigenvalue weighted by molar-refractivity contribution is 7.48. The fourth-order valence-corrected chi connectivity index (χ4v) is 2.68. The lowest BCUT2D eigenvalue weighted by Crippen LogP contribution is -2.00. The minimum Gasteiger partial charge on any atom is -0.287 e. The van der Waals surface area contributed by atoms with Gasteiger partial charge in [-0.3, -0.25) is 13.6 Å². The molecule has 0 aliphatic rings. The fraction of sp³-hybridized carbons (Fsp3) is 0.385. The van der Waals surface area contributed by atoms with Crippen molar-refractivity contribution in [1.29, 1.82) is 0 Å². The van der Waals surface area contributed by atoms with Crippen LogP contribution in [0.4, 0.5) is 0 Å². The molecule has 1 aromatic carbocycles. The van der Waals surface area contributed by atoms with E-state index in [1.54, 1.807) is 26.0 Å². The van der Waals surface area contributed by atoms with E-state index in [0.717, 1.165) is 5.56 Å². The van der Waals surface area contributed by atoms with Gasteiger partial charge < -0.3 is 0 Å². The van der Waals surface area contributed by atoms with Crippen molar-refractivity contribution in [3.8, 4) is 0 Å². The van der Waals surface area contributed by atoms with Gasteiger partial charge in [-0.25, -0.2) is 4.57 Å². The molecule has 0 saturated heterocycles. The summed E-state index contributed by atoms with van der Waals surface area (Å²) in [6.45, 7) is 4.15. The molecule has 1 rings (SSSR count). The summed E-state index contributed by atoms with van der Waals surface area (Å²) in [6, 6.07) is 7.39. The van der Waals surface area contributed by atoms with Crippen LogP contribution >= 0.6 is 19.4 Å². The van der Waals surface area contributed by atoms with Crippen LogP contribution in [0.25, 0.3) is 6.08 Å². The molecule has 0 unspecified atom stereocenters. The predicted molar refractivity (Wildman–Crippen MR) is 77.3 cm³/mol. The van der Waals surface area contributed by atoms with Gasteiger partial charge in [-0.2, -0.15) is 0 Å². The molecule has 0 aliphatic carbocycles. The number of rotatable bonds is 8. The molecule has 0 aliphatic heterocycles.